The van der Waals surface area contributed by atoms with Gasteiger partial charge in [0.25, 0.3) is 5.69 Å². The molecule has 2 heterocycles. The number of carbonyl (C=O) groups is 1. The van der Waals surface area contributed by atoms with E-state index in [1.54, 1.807) is 19.1 Å². The third-order valence-electron chi connectivity index (χ3n) is 3.80. The minimum atomic E-state index is -0.510. The van der Waals surface area contributed by atoms with Crippen LogP contribution in [0.2, 0.25) is 5.02 Å². The van der Waals surface area contributed by atoms with Gasteiger partial charge in [-0.15, -0.1) is 0 Å². The van der Waals surface area contributed by atoms with Gasteiger partial charge in [0.2, 0.25) is 5.91 Å². The summed E-state index contributed by atoms with van der Waals surface area (Å²) >= 11 is 7.05. The van der Waals surface area contributed by atoms with Gasteiger partial charge in [0, 0.05) is 12.3 Å². The van der Waals surface area contributed by atoms with Gasteiger partial charge >= 0.3 is 0 Å². The van der Waals surface area contributed by atoms with Crippen LogP contribution >= 0.6 is 23.4 Å². The van der Waals surface area contributed by atoms with Gasteiger partial charge in [-0.2, -0.15) is 0 Å². The van der Waals surface area contributed by atoms with Crippen LogP contribution in [0.4, 0.5) is 11.4 Å². The molecule has 3 rings (SSSR count). The normalized spacial score (nSPS) is 10.9. The van der Waals surface area contributed by atoms with Crippen molar-refractivity contribution in [1.29, 1.82) is 0 Å². The Morgan fingerprint density at radius 2 is 2.19 bits per heavy atom. The number of aryl methyl sites for hydroxylation is 1. The van der Waals surface area contributed by atoms with E-state index in [2.05, 4.69) is 20.3 Å². The second kappa shape index (κ2) is 7.30. The summed E-state index contributed by atoms with van der Waals surface area (Å²) in [6.07, 6.45) is 1.49. The molecule has 0 spiro atoms. The van der Waals surface area contributed by atoms with Gasteiger partial charge in [0.1, 0.15) is 5.69 Å². The second-order valence-electron chi connectivity index (χ2n) is 5.56. The number of halogens is 1. The van der Waals surface area contributed by atoms with Crippen molar-refractivity contribution in [3.63, 3.8) is 0 Å². The van der Waals surface area contributed by atoms with Crippen molar-refractivity contribution in [3.8, 4) is 0 Å². The molecule has 0 atom stereocenters. The van der Waals surface area contributed by atoms with Crippen molar-refractivity contribution < 1.29 is 9.72 Å². The van der Waals surface area contributed by atoms with Crippen LogP contribution in [0.25, 0.3) is 11.2 Å². The van der Waals surface area contributed by atoms with Crippen molar-refractivity contribution >= 4 is 51.8 Å². The van der Waals surface area contributed by atoms with Crippen LogP contribution in [0, 0.1) is 24.0 Å². The smallest absolute Gasteiger partial charge is 0.293 e. The van der Waals surface area contributed by atoms with Gasteiger partial charge in [-0.3, -0.25) is 14.9 Å². The first-order valence-electron chi connectivity index (χ1n) is 7.53. The molecule has 0 saturated heterocycles. The molecule has 0 aliphatic rings. The van der Waals surface area contributed by atoms with E-state index in [1.807, 2.05) is 6.92 Å². The number of anilines is 1. The Kier molecular flexibility index (Phi) is 5.10. The Morgan fingerprint density at radius 1 is 1.42 bits per heavy atom. The SMILES string of the molecule is Cc1ccc([N+](=O)[O-])c(NC(=O)CSc2nc3ncc(Cl)cc3[nH]2)c1C. The molecule has 8 nitrogen and oxygen atoms in total. The quantitative estimate of drug-likeness (QED) is 0.387. The van der Waals surface area contributed by atoms with E-state index in [0.717, 1.165) is 5.56 Å². The Morgan fingerprint density at radius 3 is 2.92 bits per heavy atom. The lowest BCUT2D eigenvalue weighted by Gasteiger charge is -2.10. The van der Waals surface area contributed by atoms with E-state index in [9.17, 15) is 14.9 Å². The maximum absolute atomic E-state index is 12.3. The summed E-state index contributed by atoms with van der Waals surface area (Å²) in [5, 5.41) is 14.8. The molecule has 2 N–H and O–H groups in total. The number of rotatable bonds is 5. The van der Waals surface area contributed by atoms with Gasteiger partial charge in [-0.05, 0) is 31.0 Å². The number of imidazole rings is 1. The number of nitrogens with one attached hydrogen (secondary N) is 2. The number of pyridine rings is 1. The molecule has 10 heteroatoms. The first-order chi connectivity index (χ1) is 12.3. The summed E-state index contributed by atoms with van der Waals surface area (Å²) < 4.78 is 0. The Balaban J connectivity index is 1.73. The monoisotopic (exact) mass is 391 g/mol. The number of amides is 1. The third kappa shape index (κ3) is 3.78. The fourth-order valence-corrected chi connectivity index (χ4v) is 3.17. The Bertz CT molecular complexity index is 1020. The minimum Gasteiger partial charge on any atom is -0.331 e. The Hall–Kier alpha value is -2.65. The van der Waals surface area contributed by atoms with Crippen LogP contribution in [0.3, 0.4) is 0 Å². The summed E-state index contributed by atoms with van der Waals surface area (Å²) in [6, 6.07) is 4.74. The highest BCUT2D eigenvalue weighted by Gasteiger charge is 2.19. The van der Waals surface area contributed by atoms with Crippen molar-refractivity contribution in [2.75, 3.05) is 11.1 Å². The number of carbonyl (C=O) groups excluding carboxylic acids is 1. The zero-order valence-corrected chi connectivity index (χ0v) is 15.4. The molecule has 0 unspecified atom stereocenters. The minimum absolute atomic E-state index is 0.0398. The predicted octanol–water partition coefficient (Wildman–Crippen LogP) is 3.87. The molecule has 134 valence electrons. The van der Waals surface area contributed by atoms with Gasteiger partial charge in [0.15, 0.2) is 10.8 Å². The molecular weight excluding hydrogens is 378 g/mol. The summed E-state index contributed by atoms with van der Waals surface area (Å²) in [5.41, 5.74) is 2.79. The maximum Gasteiger partial charge on any atom is 0.293 e. The van der Waals surface area contributed by atoms with Crippen LogP contribution in [0.15, 0.2) is 29.6 Å². The van der Waals surface area contributed by atoms with Crippen LogP contribution in [0.1, 0.15) is 11.1 Å². The van der Waals surface area contributed by atoms with Crippen molar-refractivity contribution in [2.45, 2.75) is 19.0 Å². The lowest BCUT2D eigenvalue weighted by Crippen LogP contribution is -2.16. The number of nitrogens with zero attached hydrogens (tertiary/aromatic N) is 3. The summed E-state index contributed by atoms with van der Waals surface area (Å²) in [5.74, 6) is -0.323. The number of hydrogen-bond acceptors (Lipinski definition) is 6. The van der Waals surface area contributed by atoms with E-state index in [4.69, 9.17) is 11.6 Å². The number of benzene rings is 1. The molecule has 0 fully saturated rings. The average Bonchev–Trinajstić information content (AvgIpc) is 2.99. The first-order valence-corrected chi connectivity index (χ1v) is 8.90. The standard InChI is InChI=1S/C16H14ClN5O3S/c1-8-3-4-12(22(24)25)14(9(8)2)20-13(23)7-26-16-19-11-5-10(17)6-18-15(11)21-16/h3-6H,7H2,1-2H3,(H,20,23)(H,18,19,21). The van der Waals surface area contributed by atoms with Crippen molar-refractivity contribution in [1.82, 2.24) is 15.0 Å². The van der Waals surface area contributed by atoms with E-state index in [1.165, 1.54) is 24.0 Å². The fraction of sp³-hybridized carbons (Fsp3) is 0.188. The number of thioether (sulfide) groups is 1. The number of aromatic amines is 1. The van der Waals surface area contributed by atoms with Crippen LogP contribution in [-0.2, 0) is 4.79 Å². The lowest BCUT2D eigenvalue weighted by molar-refractivity contribution is -0.384. The number of nitro benzene ring substituents is 1. The van der Waals surface area contributed by atoms with Crippen molar-refractivity contribution in [2.24, 2.45) is 0 Å². The molecule has 3 aromatic rings. The average molecular weight is 392 g/mol. The molecular formula is C16H14ClN5O3S. The number of H-pyrrole nitrogens is 1. The van der Waals surface area contributed by atoms with Crippen LogP contribution in [-0.4, -0.2) is 31.5 Å². The maximum atomic E-state index is 12.3. The molecule has 0 saturated carbocycles. The fourth-order valence-electron chi connectivity index (χ4n) is 2.34. The van der Waals surface area contributed by atoms with Crippen LogP contribution in [0.5, 0.6) is 0 Å². The molecule has 0 radical (unpaired) electrons. The summed E-state index contributed by atoms with van der Waals surface area (Å²) in [7, 11) is 0. The lowest BCUT2D eigenvalue weighted by atomic mass is 10.1. The highest BCUT2D eigenvalue weighted by atomic mass is 35.5. The molecule has 2 aromatic heterocycles. The molecule has 1 amide bonds. The van der Waals surface area contributed by atoms with E-state index in [0.29, 0.717) is 26.9 Å². The molecule has 1 aromatic carbocycles. The largest absolute Gasteiger partial charge is 0.331 e. The van der Waals surface area contributed by atoms with E-state index in [-0.39, 0.29) is 23.0 Å². The highest BCUT2D eigenvalue weighted by molar-refractivity contribution is 7.99. The Labute approximate surface area is 157 Å². The number of aromatic nitrogens is 3. The number of hydrogen-bond donors (Lipinski definition) is 2. The molecule has 26 heavy (non-hydrogen) atoms. The molecule has 0 bridgehead atoms. The van der Waals surface area contributed by atoms with Gasteiger partial charge in [-0.1, -0.05) is 29.4 Å². The van der Waals surface area contributed by atoms with Crippen molar-refractivity contribution in [3.05, 3.63) is 50.7 Å². The second-order valence-corrected chi connectivity index (χ2v) is 6.96. The molecule has 0 aliphatic carbocycles. The van der Waals surface area contributed by atoms with Gasteiger partial charge in [0.05, 0.1) is 21.2 Å². The first kappa shape index (κ1) is 18.2. The molecule has 0 aliphatic heterocycles. The zero-order valence-electron chi connectivity index (χ0n) is 13.9. The van der Waals surface area contributed by atoms with Crippen LogP contribution < -0.4 is 5.32 Å². The summed E-state index contributed by atoms with van der Waals surface area (Å²) in [4.78, 5) is 34.3. The highest BCUT2D eigenvalue weighted by Crippen LogP contribution is 2.30. The van der Waals surface area contributed by atoms with Gasteiger partial charge in [-0.25, -0.2) is 9.97 Å². The summed E-state index contributed by atoms with van der Waals surface area (Å²) in [6.45, 7) is 3.57. The number of nitro groups is 1. The predicted molar refractivity (Wildman–Crippen MR) is 101 cm³/mol. The van der Waals surface area contributed by atoms with E-state index < -0.39 is 4.92 Å². The zero-order chi connectivity index (χ0) is 18.8. The topological polar surface area (TPSA) is 114 Å². The van der Waals surface area contributed by atoms with Gasteiger partial charge < -0.3 is 10.3 Å². The van der Waals surface area contributed by atoms with E-state index >= 15 is 0 Å². The third-order valence-corrected chi connectivity index (χ3v) is 4.88. The number of fused-ring (bicyclic) bond motifs is 1.